The second-order valence-electron chi connectivity index (χ2n) is 3.31. The van der Waals surface area contributed by atoms with E-state index >= 15 is 0 Å². The van der Waals surface area contributed by atoms with E-state index in [1.54, 1.807) is 30.3 Å². The lowest BCUT2D eigenvalue weighted by Gasteiger charge is -2.10. The molecule has 0 heterocycles. The smallest absolute Gasteiger partial charge is 0.338 e. The maximum Gasteiger partial charge on any atom is 0.338 e. The van der Waals surface area contributed by atoms with Crippen molar-refractivity contribution in [3.8, 4) is 0 Å². The van der Waals surface area contributed by atoms with Crippen molar-refractivity contribution >= 4 is 12.3 Å². The van der Waals surface area contributed by atoms with E-state index in [2.05, 4.69) is 6.58 Å². The zero-order valence-electron chi connectivity index (χ0n) is 8.96. The van der Waals surface area contributed by atoms with Crippen molar-refractivity contribution in [2.24, 2.45) is 0 Å². The lowest BCUT2D eigenvalue weighted by atomic mass is 10.2. The van der Waals surface area contributed by atoms with E-state index < -0.39 is 12.1 Å². The van der Waals surface area contributed by atoms with Crippen LogP contribution in [0.5, 0.6) is 0 Å². The van der Waals surface area contributed by atoms with Crippen LogP contribution in [0.3, 0.4) is 0 Å². The Morgan fingerprint density at radius 2 is 2.06 bits per heavy atom. The predicted molar refractivity (Wildman–Crippen MR) is 61.1 cm³/mol. The van der Waals surface area contributed by atoms with Crippen molar-refractivity contribution in [3.05, 3.63) is 48.6 Å². The number of carbonyl (C=O) groups is 2. The molecule has 0 fully saturated rings. The fourth-order valence-electron chi connectivity index (χ4n) is 1.22. The Bertz CT molecular complexity index is 357. The maximum absolute atomic E-state index is 11.6. The summed E-state index contributed by atoms with van der Waals surface area (Å²) in [6, 6.07) is 8.60. The molecule has 0 aliphatic carbocycles. The second-order valence-corrected chi connectivity index (χ2v) is 3.31. The SMILES string of the molecule is C=CCCC(C=O)OC(=O)c1ccccc1. The van der Waals surface area contributed by atoms with Gasteiger partial charge in [-0.15, -0.1) is 6.58 Å². The predicted octanol–water partition coefficient (Wildman–Crippen LogP) is 2.38. The van der Waals surface area contributed by atoms with Crippen LogP contribution >= 0.6 is 0 Å². The minimum atomic E-state index is -0.689. The van der Waals surface area contributed by atoms with Gasteiger partial charge in [-0.2, -0.15) is 0 Å². The molecule has 1 rings (SSSR count). The minimum absolute atomic E-state index is 0.452. The largest absolute Gasteiger partial charge is 0.451 e. The molecule has 0 N–H and O–H groups in total. The van der Waals surface area contributed by atoms with Crippen LogP contribution in [0, 0.1) is 0 Å². The summed E-state index contributed by atoms with van der Waals surface area (Å²) in [5.41, 5.74) is 0.452. The second kappa shape index (κ2) is 6.56. The molecule has 0 aliphatic rings. The molecule has 16 heavy (non-hydrogen) atoms. The zero-order valence-corrected chi connectivity index (χ0v) is 8.96. The summed E-state index contributed by atoms with van der Waals surface area (Å²) in [5, 5.41) is 0. The molecule has 0 spiro atoms. The molecule has 84 valence electrons. The third-order valence-corrected chi connectivity index (χ3v) is 2.07. The number of aldehydes is 1. The molecule has 0 radical (unpaired) electrons. The highest BCUT2D eigenvalue weighted by atomic mass is 16.5. The number of hydrogen-bond acceptors (Lipinski definition) is 3. The molecule has 0 aromatic heterocycles. The number of esters is 1. The van der Waals surface area contributed by atoms with Crippen LogP contribution in [-0.4, -0.2) is 18.4 Å². The molecular weight excluding hydrogens is 204 g/mol. The van der Waals surface area contributed by atoms with Crippen LogP contribution in [0.4, 0.5) is 0 Å². The average Bonchev–Trinajstić information content (AvgIpc) is 2.35. The van der Waals surface area contributed by atoms with Gasteiger partial charge in [0.25, 0.3) is 0 Å². The fourth-order valence-corrected chi connectivity index (χ4v) is 1.22. The first-order valence-electron chi connectivity index (χ1n) is 5.10. The summed E-state index contributed by atoms with van der Waals surface area (Å²) < 4.78 is 5.03. The first-order chi connectivity index (χ1) is 7.77. The molecule has 0 bridgehead atoms. The highest BCUT2D eigenvalue weighted by Crippen LogP contribution is 2.06. The normalized spacial score (nSPS) is 11.5. The van der Waals surface area contributed by atoms with Crippen LogP contribution in [0.2, 0.25) is 0 Å². The molecule has 0 saturated heterocycles. The van der Waals surface area contributed by atoms with Crippen molar-refractivity contribution in [1.29, 1.82) is 0 Å². The third-order valence-electron chi connectivity index (χ3n) is 2.07. The van der Waals surface area contributed by atoms with Crippen LogP contribution in [0.1, 0.15) is 23.2 Å². The molecule has 3 nitrogen and oxygen atoms in total. The summed E-state index contributed by atoms with van der Waals surface area (Å²) in [4.78, 5) is 22.2. The van der Waals surface area contributed by atoms with Crippen LogP contribution in [0.15, 0.2) is 43.0 Å². The molecule has 0 amide bonds. The van der Waals surface area contributed by atoms with E-state index in [-0.39, 0.29) is 0 Å². The average molecular weight is 218 g/mol. The Morgan fingerprint density at radius 3 is 2.62 bits per heavy atom. The third kappa shape index (κ3) is 3.69. The molecular formula is C13H14O3. The number of allylic oxidation sites excluding steroid dienone is 1. The van der Waals surface area contributed by atoms with Gasteiger partial charge in [-0.1, -0.05) is 24.3 Å². The number of ether oxygens (including phenoxy) is 1. The standard InChI is InChI=1S/C13H14O3/c1-2-3-9-12(10-14)16-13(15)11-7-5-4-6-8-11/h2,4-8,10,12H,1,3,9H2. The van der Waals surface area contributed by atoms with Crippen molar-refractivity contribution in [1.82, 2.24) is 0 Å². The number of carbonyl (C=O) groups excluding carboxylic acids is 2. The first kappa shape index (κ1) is 12.2. The van der Waals surface area contributed by atoms with Gasteiger partial charge < -0.3 is 4.74 Å². The van der Waals surface area contributed by atoms with Gasteiger partial charge in [0.1, 0.15) is 0 Å². The minimum Gasteiger partial charge on any atom is -0.451 e. The Labute approximate surface area is 94.7 Å². The summed E-state index contributed by atoms with van der Waals surface area (Å²) in [6.07, 6.45) is 2.76. The van der Waals surface area contributed by atoms with Gasteiger partial charge in [0, 0.05) is 0 Å². The van der Waals surface area contributed by atoms with Gasteiger partial charge in [0.05, 0.1) is 5.56 Å². The molecule has 0 aliphatic heterocycles. The number of rotatable bonds is 6. The number of hydrogen-bond donors (Lipinski definition) is 0. The van der Waals surface area contributed by atoms with Crippen molar-refractivity contribution in [3.63, 3.8) is 0 Å². The maximum atomic E-state index is 11.6. The van der Waals surface area contributed by atoms with E-state index in [9.17, 15) is 9.59 Å². The lowest BCUT2D eigenvalue weighted by molar-refractivity contribution is -0.115. The summed E-state index contributed by atoms with van der Waals surface area (Å²) >= 11 is 0. The molecule has 1 atom stereocenters. The van der Waals surface area contributed by atoms with Gasteiger partial charge in [-0.3, -0.25) is 4.79 Å². The highest BCUT2D eigenvalue weighted by molar-refractivity contribution is 5.90. The Morgan fingerprint density at radius 1 is 1.38 bits per heavy atom. The zero-order chi connectivity index (χ0) is 11.8. The molecule has 3 heteroatoms. The summed E-state index contributed by atoms with van der Waals surface area (Å²) in [7, 11) is 0. The van der Waals surface area contributed by atoms with Crippen molar-refractivity contribution in [2.45, 2.75) is 18.9 Å². The van der Waals surface area contributed by atoms with Gasteiger partial charge >= 0.3 is 5.97 Å². The van der Waals surface area contributed by atoms with Crippen molar-refractivity contribution in [2.75, 3.05) is 0 Å². The van der Waals surface area contributed by atoms with E-state index in [0.717, 1.165) is 0 Å². The molecule has 1 unspecified atom stereocenters. The number of benzene rings is 1. The Hall–Kier alpha value is -1.90. The van der Waals surface area contributed by atoms with Gasteiger partial charge in [-0.25, -0.2) is 4.79 Å². The first-order valence-corrected chi connectivity index (χ1v) is 5.10. The molecule has 1 aromatic carbocycles. The monoisotopic (exact) mass is 218 g/mol. The molecule has 0 saturated carbocycles. The van der Waals surface area contributed by atoms with E-state index in [4.69, 9.17) is 4.74 Å². The van der Waals surface area contributed by atoms with Gasteiger partial charge in [0.15, 0.2) is 12.4 Å². The van der Waals surface area contributed by atoms with E-state index in [0.29, 0.717) is 24.7 Å². The van der Waals surface area contributed by atoms with Gasteiger partial charge in [0.2, 0.25) is 0 Å². The molecule has 1 aromatic rings. The highest BCUT2D eigenvalue weighted by Gasteiger charge is 2.13. The van der Waals surface area contributed by atoms with Crippen molar-refractivity contribution < 1.29 is 14.3 Å². The van der Waals surface area contributed by atoms with Gasteiger partial charge in [-0.05, 0) is 25.0 Å². The van der Waals surface area contributed by atoms with E-state index in [1.165, 1.54) is 0 Å². The van der Waals surface area contributed by atoms with Crippen LogP contribution in [-0.2, 0) is 9.53 Å². The summed E-state index contributed by atoms with van der Waals surface area (Å²) in [6.45, 7) is 3.55. The fraction of sp³-hybridized carbons (Fsp3) is 0.231. The van der Waals surface area contributed by atoms with Crippen LogP contribution in [0.25, 0.3) is 0 Å². The topological polar surface area (TPSA) is 43.4 Å². The summed E-state index contributed by atoms with van der Waals surface area (Å²) in [5.74, 6) is -0.471. The van der Waals surface area contributed by atoms with E-state index in [1.807, 2.05) is 6.07 Å². The Kier molecular flexibility index (Phi) is 4.99. The van der Waals surface area contributed by atoms with Crippen LogP contribution < -0.4 is 0 Å². The quantitative estimate of drug-likeness (QED) is 0.418. The Balaban J connectivity index is 2.55. The lowest BCUT2D eigenvalue weighted by Crippen LogP contribution is -2.19.